The number of carbonyl (C=O) groups is 1. The predicted molar refractivity (Wildman–Crippen MR) is 105 cm³/mol. The molecule has 142 valence electrons. The lowest BCUT2D eigenvalue weighted by molar-refractivity contribution is -0.119. The van der Waals surface area contributed by atoms with Gasteiger partial charge in [0, 0.05) is 11.6 Å². The smallest absolute Gasteiger partial charge is 0.240 e. The molecule has 0 bridgehead atoms. The lowest BCUT2D eigenvalue weighted by Crippen LogP contribution is -2.41. The quantitative estimate of drug-likeness (QED) is 0.633. The second-order valence-electron chi connectivity index (χ2n) is 6.09. The highest BCUT2D eigenvalue weighted by molar-refractivity contribution is 7.92. The van der Waals surface area contributed by atoms with E-state index in [0.717, 1.165) is 36.2 Å². The van der Waals surface area contributed by atoms with Crippen LogP contribution in [-0.4, -0.2) is 33.7 Å². The van der Waals surface area contributed by atoms with Crippen molar-refractivity contribution in [3.63, 3.8) is 0 Å². The predicted octanol–water partition coefficient (Wildman–Crippen LogP) is 4.09. The number of carbonyl (C=O) groups excluding carboxylic acids is 1. The fourth-order valence-corrected chi connectivity index (χ4v) is 3.88. The second kappa shape index (κ2) is 10.2. The summed E-state index contributed by atoms with van der Waals surface area (Å²) in [6.07, 6.45) is 5.29. The SMILES string of the molecule is CCCCC(CC)CNC(=O)CN(c1ccc(Cl)cc1Cl)S(C)(=O)=O. The Labute approximate surface area is 160 Å². The first-order valence-electron chi connectivity index (χ1n) is 8.38. The van der Waals surface area contributed by atoms with Crippen molar-refractivity contribution >= 4 is 44.8 Å². The standard InChI is InChI=1S/C17H26Cl2N2O3S/c1-4-6-7-13(5-2)11-20-17(22)12-21(25(3,23)24)16-9-8-14(18)10-15(16)19/h8-10,13H,4-7,11-12H2,1-3H3,(H,20,22). The molecule has 0 aromatic heterocycles. The van der Waals surface area contributed by atoms with Crippen LogP contribution >= 0.6 is 23.2 Å². The van der Waals surface area contributed by atoms with Gasteiger partial charge in [0.15, 0.2) is 0 Å². The zero-order valence-corrected chi connectivity index (χ0v) is 17.2. The van der Waals surface area contributed by atoms with E-state index in [4.69, 9.17) is 23.2 Å². The molecule has 0 saturated heterocycles. The zero-order valence-electron chi connectivity index (χ0n) is 14.9. The van der Waals surface area contributed by atoms with Gasteiger partial charge in [-0.15, -0.1) is 0 Å². The van der Waals surface area contributed by atoms with Gasteiger partial charge in [0.1, 0.15) is 6.54 Å². The van der Waals surface area contributed by atoms with Crippen molar-refractivity contribution in [3.05, 3.63) is 28.2 Å². The molecule has 5 nitrogen and oxygen atoms in total. The lowest BCUT2D eigenvalue weighted by Gasteiger charge is -2.23. The van der Waals surface area contributed by atoms with E-state index >= 15 is 0 Å². The van der Waals surface area contributed by atoms with E-state index in [1.807, 2.05) is 0 Å². The fourth-order valence-electron chi connectivity index (χ4n) is 2.45. The van der Waals surface area contributed by atoms with E-state index < -0.39 is 10.0 Å². The molecule has 1 rings (SSSR count). The summed E-state index contributed by atoms with van der Waals surface area (Å²) in [5.41, 5.74) is 0.238. The van der Waals surface area contributed by atoms with Crippen LogP contribution in [0.25, 0.3) is 0 Å². The molecule has 0 radical (unpaired) electrons. The number of halogens is 2. The van der Waals surface area contributed by atoms with Gasteiger partial charge in [-0.3, -0.25) is 9.10 Å². The van der Waals surface area contributed by atoms with Gasteiger partial charge in [0.25, 0.3) is 0 Å². The van der Waals surface area contributed by atoms with E-state index in [9.17, 15) is 13.2 Å². The van der Waals surface area contributed by atoms with Gasteiger partial charge >= 0.3 is 0 Å². The van der Waals surface area contributed by atoms with Gasteiger partial charge in [-0.1, -0.05) is 56.3 Å². The Bertz CT molecular complexity index is 680. The first-order chi connectivity index (χ1) is 11.7. The number of amides is 1. The van der Waals surface area contributed by atoms with Crippen LogP contribution in [0, 0.1) is 5.92 Å². The molecular formula is C17H26Cl2N2O3S. The first kappa shape index (κ1) is 22.1. The highest BCUT2D eigenvalue weighted by Gasteiger charge is 2.23. The topological polar surface area (TPSA) is 66.5 Å². The maximum Gasteiger partial charge on any atom is 0.240 e. The number of unbranched alkanes of at least 4 members (excludes halogenated alkanes) is 1. The molecule has 1 atom stereocenters. The molecule has 0 fully saturated rings. The maximum absolute atomic E-state index is 12.3. The third-order valence-corrected chi connectivity index (χ3v) is 5.66. The first-order valence-corrected chi connectivity index (χ1v) is 11.0. The Morgan fingerprint density at radius 2 is 1.96 bits per heavy atom. The summed E-state index contributed by atoms with van der Waals surface area (Å²) >= 11 is 12.0. The van der Waals surface area contributed by atoms with E-state index in [1.54, 1.807) is 0 Å². The van der Waals surface area contributed by atoms with Crippen LogP contribution in [0.15, 0.2) is 18.2 Å². The van der Waals surface area contributed by atoms with Crippen molar-refractivity contribution in [3.8, 4) is 0 Å². The zero-order chi connectivity index (χ0) is 19.0. The molecule has 25 heavy (non-hydrogen) atoms. The van der Waals surface area contributed by atoms with Crippen LogP contribution in [0.5, 0.6) is 0 Å². The van der Waals surface area contributed by atoms with Gasteiger partial charge in [-0.25, -0.2) is 8.42 Å². The van der Waals surface area contributed by atoms with E-state index in [-0.39, 0.29) is 23.2 Å². The second-order valence-corrected chi connectivity index (χ2v) is 8.84. The third kappa shape index (κ3) is 7.42. The maximum atomic E-state index is 12.3. The number of anilines is 1. The fraction of sp³-hybridized carbons (Fsp3) is 0.588. The number of benzene rings is 1. The Balaban J connectivity index is 2.81. The van der Waals surface area contributed by atoms with Gasteiger partial charge in [0.05, 0.1) is 17.0 Å². The van der Waals surface area contributed by atoms with Crippen molar-refractivity contribution in [1.82, 2.24) is 5.32 Å². The molecule has 1 aromatic rings. The van der Waals surface area contributed by atoms with Gasteiger partial charge < -0.3 is 5.32 Å². The minimum Gasteiger partial charge on any atom is -0.354 e. The summed E-state index contributed by atoms with van der Waals surface area (Å²) < 4.78 is 25.2. The molecule has 0 heterocycles. The Morgan fingerprint density at radius 3 is 2.48 bits per heavy atom. The molecule has 8 heteroatoms. The highest BCUT2D eigenvalue weighted by atomic mass is 35.5. The Hall–Kier alpha value is -0.980. The lowest BCUT2D eigenvalue weighted by atomic mass is 9.99. The average molecular weight is 409 g/mol. The number of hydrogen-bond acceptors (Lipinski definition) is 3. The van der Waals surface area contributed by atoms with Crippen molar-refractivity contribution in [2.24, 2.45) is 5.92 Å². The average Bonchev–Trinajstić information content (AvgIpc) is 2.52. The summed E-state index contributed by atoms with van der Waals surface area (Å²) in [6.45, 7) is 4.44. The minimum atomic E-state index is -3.66. The van der Waals surface area contributed by atoms with Crippen LogP contribution in [0.2, 0.25) is 10.0 Å². The monoisotopic (exact) mass is 408 g/mol. The third-order valence-electron chi connectivity index (χ3n) is 4.00. The molecule has 1 aromatic carbocycles. The molecule has 1 unspecified atom stereocenters. The summed E-state index contributed by atoms with van der Waals surface area (Å²) in [5, 5.41) is 3.41. The molecular weight excluding hydrogens is 383 g/mol. The van der Waals surface area contributed by atoms with Crippen molar-refractivity contribution in [2.75, 3.05) is 23.7 Å². The van der Waals surface area contributed by atoms with Crippen LogP contribution in [0.4, 0.5) is 5.69 Å². The minimum absolute atomic E-state index is 0.181. The number of rotatable bonds is 10. The number of hydrogen-bond donors (Lipinski definition) is 1. The summed E-state index contributed by atoms with van der Waals surface area (Å²) in [7, 11) is -3.66. The number of nitrogens with zero attached hydrogens (tertiary/aromatic N) is 1. The summed E-state index contributed by atoms with van der Waals surface area (Å²) in [6, 6.07) is 4.48. The molecule has 1 amide bonds. The molecule has 0 aliphatic heterocycles. The Kier molecular flexibility index (Phi) is 9.03. The van der Waals surface area contributed by atoms with Crippen molar-refractivity contribution < 1.29 is 13.2 Å². The molecule has 0 aliphatic carbocycles. The largest absolute Gasteiger partial charge is 0.354 e. The number of nitrogens with one attached hydrogen (secondary N) is 1. The molecule has 0 spiro atoms. The Morgan fingerprint density at radius 1 is 1.28 bits per heavy atom. The van der Waals surface area contributed by atoms with Gasteiger partial charge in [-0.05, 0) is 30.5 Å². The van der Waals surface area contributed by atoms with Crippen molar-refractivity contribution in [1.29, 1.82) is 0 Å². The van der Waals surface area contributed by atoms with Crippen LogP contribution in [0.3, 0.4) is 0 Å². The van der Waals surface area contributed by atoms with E-state index in [1.165, 1.54) is 18.2 Å². The normalized spacial score (nSPS) is 12.7. The van der Waals surface area contributed by atoms with E-state index in [0.29, 0.717) is 17.5 Å². The summed E-state index contributed by atoms with van der Waals surface area (Å²) in [4.78, 5) is 12.3. The highest BCUT2D eigenvalue weighted by Crippen LogP contribution is 2.30. The van der Waals surface area contributed by atoms with Crippen LogP contribution in [0.1, 0.15) is 39.5 Å². The van der Waals surface area contributed by atoms with E-state index in [2.05, 4.69) is 19.2 Å². The molecule has 0 aliphatic rings. The summed E-state index contributed by atoms with van der Waals surface area (Å²) in [5.74, 6) is 0.0427. The molecule has 0 saturated carbocycles. The van der Waals surface area contributed by atoms with Crippen LogP contribution < -0.4 is 9.62 Å². The number of sulfonamides is 1. The van der Waals surface area contributed by atoms with Crippen molar-refractivity contribution in [2.45, 2.75) is 39.5 Å². The molecule has 1 N–H and O–H groups in total. The van der Waals surface area contributed by atoms with Gasteiger partial charge in [0.2, 0.25) is 15.9 Å². The van der Waals surface area contributed by atoms with Crippen LogP contribution in [-0.2, 0) is 14.8 Å². The van der Waals surface area contributed by atoms with Gasteiger partial charge in [-0.2, -0.15) is 0 Å².